The van der Waals surface area contributed by atoms with Crippen molar-refractivity contribution in [2.45, 2.75) is 11.8 Å². The molecule has 1 aliphatic heterocycles. The Morgan fingerprint density at radius 1 is 1.10 bits per heavy atom. The van der Waals surface area contributed by atoms with Crippen molar-refractivity contribution in [2.75, 3.05) is 32.8 Å². The van der Waals surface area contributed by atoms with Crippen molar-refractivity contribution >= 4 is 22.1 Å². The summed E-state index contributed by atoms with van der Waals surface area (Å²) in [5.41, 5.74) is 1.24. The van der Waals surface area contributed by atoms with Crippen LogP contribution >= 0.6 is 0 Å². The number of amides is 1. The average Bonchev–Trinajstić information content (AvgIpc) is 2.72. The molecule has 1 aliphatic rings. The van der Waals surface area contributed by atoms with Crippen molar-refractivity contribution < 1.29 is 22.4 Å². The topological polar surface area (TPSA) is 79.3 Å². The van der Waals surface area contributed by atoms with Gasteiger partial charge in [-0.25, -0.2) is 12.8 Å². The summed E-state index contributed by atoms with van der Waals surface area (Å²) in [6.07, 6.45) is 1.20. The molecule has 9 heteroatoms. The number of halogens is 1. The van der Waals surface area contributed by atoms with Gasteiger partial charge in [0, 0.05) is 31.7 Å². The Bertz CT molecular complexity index is 985. The summed E-state index contributed by atoms with van der Waals surface area (Å²) >= 11 is 0. The zero-order chi connectivity index (χ0) is 20.9. The molecule has 2 aromatic rings. The van der Waals surface area contributed by atoms with Gasteiger partial charge in [0.15, 0.2) is 6.61 Å². The standard InChI is InChI=1S/C20H22FN3O4S/c1-16-6-8-18(9-7-16)29(26,27)24-12-10-23(11-13-24)20(25)15-28-22-14-17-4-2-3-5-19(17)21/h2-9,14H,10-13,15H2,1H3/b22-14-. The number of carbonyl (C=O) groups is 1. The predicted octanol–water partition coefficient (Wildman–Crippen LogP) is 2.02. The van der Waals surface area contributed by atoms with Crippen LogP contribution in [0.3, 0.4) is 0 Å². The molecular weight excluding hydrogens is 397 g/mol. The second-order valence-corrected chi connectivity index (χ2v) is 8.57. The summed E-state index contributed by atoms with van der Waals surface area (Å²) in [5, 5.41) is 3.62. The van der Waals surface area contributed by atoms with E-state index in [9.17, 15) is 17.6 Å². The van der Waals surface area contributed by atoms with E-state index in [1.165, 1.54) is 27.6 Å². The maximum atomic E-state index is 13.5. The lowest BCUT2D eigenvalue weighted by atomic mass is 10.2. The van der Waals surface area contributed by atoms with Crippen molar-refractivity contribution in [3.05, 3.63) is 65.5 Å². The highest BCUT2D eigenvalue weighted by Crippen LogP contribution is 2.18. The van der Waals surface area contributed by atoms with E-state index >= 15 is 0 Å². The number of piperazine rings is 1. The van der Waals surface area contributed by atoms with Crippen LogP contribution in [0.2, 0.25) is 0 Å². The molecule has 1 heterocycles. The van der Waals surface area contributed by atoms with Crippen LogP contribution in [0.1, 0.15) is 11.1 Å². The molecule has 0 spiro atoms. The molecule has 154 valence electrons. The summed E-state index contributed by atoms with van der Waals surface area (Å²) in [6, 6.07) is 12.8. The number of carbonyl (C=O) groups excluding carboxylic acids is 1. The van der Waals surface area contributed by atoms with Gasteiger partial charge >= 0.3 is 0 Å². The van der Waals surface area contributed by atoms with Crippen LogP contribution in [0.4, 0.5) is 4.39 Å². The van der Waals surface area contributed by atoms with Crippen LogP contribution in [-0.2, 0) is 19.7 Å². The van der Waals surface area contributed by atoms with Gasteiger partial charge in [0.2, 0.25) is 10.0 Å². The van der Waals surface area contributed by atoms with Crippen LogP contribution in [-0.4, -0.2) is 62.5 Å². The van der Waals surface area contributed by atoms with Crippen molar-refractivity contribution in [3.8, 4) is 0 Å². The maximum absolute atomic E-state index is 13.5. The van der Waals surface area contributed by atoms with E-state index in [0.29, 0.717) is 0 Å². The molecule has 0 N–H and O–H groups in total. The molecule has 0 aliphatic carbocycles. The van der Waals surface area contributed by atoms with Gasteiger partial charge in [0.1, 0.15) is 5.82 Å². The second-order valence-electron chi connectivity index (χ2n) is 6.63. The highest BCUT2D eigenvalue weighted by molar-refractivity contribution is 7.89. The van der Waals surface area contributed by atoms with Gasteiger partial charge in [0.25, 0.3) is 5.91 Å². The first kappa shape index (κ1) is 20.9. The Balaban J connectivity index is 1.49. The van der Waals surface area contributed by atoms with E-state index in [1.807, 2.05) is 6.92 Å². The normalized spacial score (nSPS) is 15.6. The van der Waals surface area contributed by atoms with Crippen LogP contribution in [0, 0.1) is 12.7 Å². The third-order valence-electron chi connectivity index (χ3n) is 4.61. The molecule has 0 saturated carbocycles. The summed E-state index contributed by atoms with van der Waals surface area (Å²) in [7, 11) is -3.58. The van der Waals surface area contributed by atoms with Crippen molar-refractivity contribution in [2.24, 2.45) is 5.16 Å². The molecule has 0 atom stereocenters. The monoisotopic (exact) mass is 419 g/mol. The summed E-state index contributed by atoms with van der Waals surface area (Å²) in [6.45, 7) is 2.55. The minimum atomic E-state index is -3.58. The fourth-order valence-electron chi connectivity index (χ4n) is 2.89. The zero-order valence-electron chi connectivity index (χ0n) is 16.0. The number of hydrogen-bond acceptors (Lipinski definition) is 5. The van der Waals surface area contributed by atoms with Gasteiger partial charge in [-0.05, 0) is 25.1 Å². The number of nitrogens with zero attached hydrogens (tertiary/aromatic N) is 3. The Morgan fingerprint density at radius 2 is 1.76 bits per heavy atom. The maximum Gasteiger partial charge on any atom is 0.263 e. The highest BCUT2D eigenvalue weighted by atomic mass is 32.2. The van der Waals surface area contributed by atoms with Crippen LogP contribution in [0.5, 0.6) is 0 Å². The number of hydrogen-bond donors (Lipinski definition) is 0. The van der Waals surface area contributed by atoms with Gasteiger partial charge in [-0.2, -0.15) is 4.31 Å². The van der Waals surface area contributed by atoms with Crippen LogP contribution < -0.4 is 0 Å². The first-order valence-electron chi connectivity index (χ1n) is 9.12. The van der Waals surface area contributed by atoms with E-state index < -0.39 is 15.8 Å². The highest BCUT2D eigenvalue weighted by Gasteiger charge is 2.30. The lowest BCUT2D eigenvalue weighted by Gasteiger charge is -2.33. The Hall–Kier alpha value is -2.78. The molecule has 29 heavy (non-hydrogen) atoms. The molecule has 0 bridgehead atoms. The number of benzene rings is 2. The molecule has 7 nitrogen and oxygen atoms in total. The molecular formula is C20H22FN3O4S. The minimum absolute atomic E-state index is 0.209. The number of rotatable bonds is 6. The Kier molecular flexibility index (Phi) is 6.60. The number of oxime groups is 1. The van der Waals surface area contributed by atoms with E-state index in [0.717, 1.165) is 5.56 Å². The summed E-state index contributed by atoms with van der Waals surface area (Å²) in [5.74, 6) is -0.736. The summed E-state index contributed by atoms with van der Waals surface area (Å²) in [4.78, 5) is 19.0. The van der Waals surface area contributed by atoms with Gasteiger partial charge in [0.05, 0.1) is 11.1 Å². The molecule has 1 amide bonds. The van der Waals surface area contributed by atoms with Gasteiger partial charge in [-0.15, -0.1) is 0 Å². The third kappa shape index (κ3) is 5.18. The average molecular weight is 419 g/mol. The molecule has 0 radical (unpaired) electrons. The Morgan fingerprint density at radius 3 is 2.41 bits per heavy atom. The first-order valence-corrected chi connectivity index (χ1v) is 10.6. The molecule has 2 aromatic carbocycles. The van der Waals surface area contributed by atoms with Crippen LogP contribution in [0.25, 0.3) is 0 Å². The van der Waals surface area contributed by atoms with Gasteiger partial charge in [-0.3, -0.25) is 4.79 Å². The molecule has 1 fully saturated rings. The number of sulfonamides is 1. The molecule has 0 aromatic heterocycles. The van der Waals surface area contributed by atoms with Crippen molar-refractivity contribution in [1.29, 1.82) is 0 Å². The smallest absolute Gasteiger partial charge is 0.263 e. The fourth-order valence-corrected chi connectivity index (χ4v) is 4.32. The van der Waals surface area contributed by atoms with E-state index in [4.69, 9.17) is 4.84 Å². The third-order valence-corrected chi connectivity index (χ3v) is 6.52. The van der Waals surface area contributed by atoms with Crippen molar-refractivity contribution in [3.63, 3.8) is 0 Å². The predicted molar refractivity (Wildman–Crippen MR) is 106 cm³/mol. The Labute approximate surface area is 169 Å². The van der Waals surface area contributed by atoms with E-state index in [-0.39, 0.29) is 49.2 Å². The lowest BCUT2D eigenvalue weighted by Crippen LogP contribution is -2.51. The fraction of sp³-hybridized carbons (Fsp3) is 0.300. The van der Waals surface area contributed by atoms with E-state index in [1.54, 1.807) is 36.4 Å². The first-order chi connectivity index (χ1) is 13.9. The molecule has 3 rings (SSSR count). The van der Waals surface area contributed by atoms with Gasteiger partial charge in [-0.1, -0.05) is 41.1 Å². The second kappa shape index (κ2) is 9.15. The molecule has 0 unspecified atom stereocenters. The zero-order valence-corrected chi connectivity index (χ0v) is 16.8. The SMILES string of the molecule is Cc1ccc(S(=O)(=O)N2CCN(C(=O)CO/N=C\c3ccccc3F)CC2)cc1. The van der Waals surface area contributed by atoms with Crippen LogP contribution in [0.15, 0.2) is 58.6 Å². The number of aryl methyl sites for hydroxylation is 1. The molecule has 1 saturated heterocycles. The largest absolute Gasteiger partial charge is 0.386 e. The summed E-state index contributed by atoms with van der Waals surface area (Å²) < 4.78 is 40.2. The van der Waals surface area contributed by atoms with Crippen molar-refractivity contribution in [1.82, 2.24) is 9.21 Å². The van der Waals surface area contributed by atoms with E-state index in [2.05, 4.69) is 5.16 Å². The van der Waals surface area contributed by atoms with Gasteiger partial charge < -0.3 is 9.74 Å². The lowest BCUT2D eigenvalue weighted by molar-refractivity contribution is -0.137. The quantitative estimate of drug-likeness (QED) is 0.530. The minimum Gasteiger partial charge on any atom is -0.386 e.